The van der Waals surface area contributed by atoms with Crippen LogP contribution in [0.2, 0.25) is 0 Å². The van der Waals surface area contributed by atoms with Gasteiger partial charge in [-0.3, -0.25) is 4.98 Å². The predicted octanol–water partition coefficient (Wildman–Crippen LogP) is 2.33. The number of hydrogen-bond acceptors (Lipinski definition) is 3. The second kappa shape index (κ2) is 4.69. The van der Waals surface area contributed by atoms with E-state index in [0.717, 1.165) is 6.20 Å². The van der Waals surface area contributed by atoms with E-state index in [1.54, 1.807) is 0 Å². The smallest absolute Gasteiger partial charge is 0.340 e. The van der Waals surface area contributed by atoms with Gasteiger partial charge in [0, 0.05) is 0 Å². The average Bonchev–Trinajstić information content (AvgIpc) is 2.15. The van der Waals surface area contributed by atoms with Gasteiger partial charge in [0.15, 0.2) is 5.75 Å². The third-order valence-corrected chi connectivity index (χ3v) is 2.74. The van der Waals surface area contributed by atoms with E-state index in [0.29, 0.717) is 0 Å². The Morgan fingerprint density at radius 1 is 1.67 bits per heavy atom. The maximum Gasteiger partial charge on any atom is 0.340 e. The molecule has 1 N–H and O–H groups in total. The number of methoxy groups -OCH3 is 1. The van der Waals surface area contributed by atoms with Crippen molar-refractivity contribution in [3.63, 3.8) is 0 Å². The second-order valence-electron chi connectivity index (χ2n) is 2.51. The van der Waals surface area contributed by atoms with Crippen molar-refractivity contribution in [1.29, 1.82) is 0 Å². The van der Waals surface area contributed by atoms with E-state index in [9.17, 15) is 13.6 Å². The Hall–Kier alpha value is -0.990. The highest BCUT2D eigenvalue weighted by Crippen LogP contribution is 2.30. The first-order valence-electron chi connectivity index (χ1n) is 3.72. The number of alkyl halides is 2. The molecule has 15 heavy (non-hydrogen) atoms. The molecule has 0 amide bonds. The molecule has 0 saturated carbocycles. The lowest BCUT2D eigenvalue weighted by Crippen LogP contribution is -2.08. The number of halogens is 3. The first-order chi connectivity index (χ1) is 6.99. The number of carboxylic acid groups (broad SMARTS) is 1. The number of aromatic nitrogens is 1. The first kappa shape index (κ1) is 12.1. The Bertz CT molecular complexity index is 398. The van der Waals surface area contributed by atoms with Crippen molar-refractivity contribution in [2.75, 3.05) is 7.11 Å². The lowest BCUT2D eigenvalue weighted by Gasteiger charge is -2.09. The predicted molar refractivity (Wildman–Crippen MR) is 55.4 cm³/mol. The third kappa shape index (κ3) is 2.33. The molecule has 0 atom stereocenters. The summed E-state index contributed by atoms with van der Waals surface area (Å²) in [6.45, 7) is 0. The van der Waals surface area contributed by atoms with Gasteiger partial charge in [0.05, 0.1) is 16.9 Å². The number of hydrogen-bond donors (Lipinski definition) is 1. The topological polar surface area (TPSA) is 59.4 Å². The zero-order valence-electron chi connectivity index (χ0n) is 7.50. The quantitative estimate of drug-likeness (QED) is 0.865. The number of rotatable bonds is 3. The maximum absolute atomic E-state index is 12.4. The van der Waals surface area contributed by atoms with Crippen molar-refractivity contribution in [2.24, 2.45) is 0 Å². The largest absolute Gasteiger partial charge is 0.494 e. The van der Waals surface area contributed by atoms with Crippen LogP contribution in [0.3, 0.4) is 0 Å². The van der Waals surface area contributed by atoms with Gasteiger partial charge in [-0.2, -0.15) is 0 Å². The van der Waals surface area contributed by atoms with Crippen LogP contribution in [0.4, 0.5) is 8.78 Å². The monoisotopic (exact) mass is 329 g/mol. The molecule has 0 saturated heterocycles. The van der Waals surface area contributed by atoms with E-state index in [1.807, 2.05) is 0 Å². The Morgan fingerprint density at radius 3 is 2.67 bits per heavy atom. The Balaban J connectivity index is 3.42. The molecule has 0 aliphatic carbocycles. The van der Waals surface area contributed by atoms with Gasteiger partial charge in [0.25, 0.3) is 6.43 Å². The van der Waals surface area contributed by atoms with Gasteiger partial charge in [-0.25, -0.2) is 13.6 Å². The summed E-state index contributed by atoms with van der Waals surface area (Å²) in [5.41, 5.74) is -0.836. The number of nitrogens with zero attached hydrogens (tertiary/aromatic N) is 1. The van der Waals surface area contributed by atoms with E-state index in [4.69, 9.17) is 9.84 Å². The van der Waals surface area contributed by atoms with Crippen molar-refractivity contribution in [3.05, 3.63) is 21.0 Å². The number of aromatic carboxylic acids is 1. The summed E-state index contributed by atoms with van der Waals surface area (Å²) in [6.07, 6.45) is -1.83. The van der Waals surface area contributed by atoms with Crippen molar-refractivity contribution >= 4 is 28.6 Å². The highest BCUT2D eigenvalue weighted by molar-refractivity contribution is 14.1. The summed E-state index contributed by atoms with van der Waals surface area (Å²) in [7, 11) is 1.25. The van der Waals surface area contributed by atoms with Gasteiger partial charge in [-0.05, 0) is 22.6 Å². The summed E-state index contributed by atoms with van der Waals surface area (Å²) in [5, 5.41) is 8.83. The Morgan fingerprint density at radius 2 is 2.27 bits per heavy atom. The summed E-state index contributed by atoms with van der Waals surface area (Å²) in [4.78, 5) is 14.3. The van der Waals surface area contributed by atoms with E-state index in [-0.39, 0.29) is 14.9 Å². The van der Waals surface area contributed by atoms with Crippen molar-refractivity contribution in [1.82, 2.24) is 4.98 Å². The van der Waals surface area contributed by atoms with E-state index < -0.39 is 18.1 Å². The molecule has 0 aromatic carbocycles. The molecule has 0 bridgehead atoms. The van der Waals surface area contributed by atoms with Crippen molar-refractivity contribution in [3.8, 4) is 5.75 Å². The van der Waals surface area contributed by atoms with Crippen LogP contribution in [0.1, 0.15) is 22.5 Å². The van der Waals surface area contributed by atoms with E-state index >= 15 is 0 Å². The normalized spacial score (nSPS) is 10.5. The van der Waals surface area contributed by atoms with Crippen LogP contribution in [-0.2, 0) is 0 Å². The van der Waals surface area contributed by atoms with Crippen LogP contribution in [-0.4, -0.2) is 23.2 Å². The summed E-state index contributed by atoms with van der Waals surface area (Å²) >= 11 is 1.52. The summed E-state index contributed by atoms with van der Waals surface area (Å²) < 4.78 is 29.4. The molecule has 82 valence electrons. The minimum atomic E-state index is -2.80. The zero-order valence-corrected chi connectivity index (χ0v) is 9.66. The molecule has 0 aliphatic rings. The number of carbonyl (C=O) groups is 1. The molecule has 0 aliphatic heterocycles. The molecule has 1 aromatic rings. The molecule has 0 unspecified atom stereocenters. The van der Waals surface area contributed by atoms with Gasteiger partial charge < -0.3 is 9.84 Å². The fourth-order valence-corrected chi connectivity index (χ4v) is 1.86. The average molecular weight is 329 g/mol. The van der Waals surface area contributed by atoms with Gasteiger partial charge in [-0.1, -0.05) is 0 Å². The van der Waals surface area contributed by atoms with Gasteiger partial charge in [0.2, 0.25) is 0 Å². The number of carboxylic acids is 1. The van der Waals surface area contributed by atoms with Gasteiger partial charge in [0.1, 0.15) is 11.3 Å². The molecular formula is C8H6F2INO3. The van der Waals surface area contributed by atoms with E-state index in [2.05, 4.69) is 4.98 Å². The van der Waals surface area contributed by atoms with Crippen LogP contribution < -0.4 is 4.74 Å². The lowest BCUT2D eigenvalue weighted by atomic mass is 10.2. The van der Waals surface area contributed by atoms with Crippen LogP contribution in [0, 0.1) is 3.57 Å². The van der Waals surface area contributed by atoms with Gasteiger partial charge in [-0.15, -0.1) is 0 Å². The first-order valence-corrected chi connectivity index (χ1v) is 4.80. The number of ether oxygens (including phenoxy) is 1. The van der Waals surface area contributed by atoms with Gasteiger partial charge >= 0.3 is 5.97 Å². The van der Waals surface area contributed by atoms with Crippen LogP contribution in [0.15, 0.2) is 6.20 Å². The summed E-state index contributed by atoms with van der Waals surface area (Å²) in [5.74, 6) is -1.35. The molecule has 7 heteroatoms. The lowest BCUT2D eigenvalue weighted by molar-refractivity contribution is 0.0691. The van der Waals surface area contributed by atoms with Crippen LogP contribution in [0.5, 0.6) is 5.75 Å². The molecule has 4 nitrogen and oxygen atoms in total. The standard InChI is InChI=1S/C8H6F2INO3/c1-15-3-2-12-6(7(9)10)5(11)4(3)8(13)14/h2,7H,1H3,(H,13,14). The molecule has 1 heterocycles. The van der Waals surface area contributed by atoms with E-state index in [1.165, 1.54) is 29.7 Å². The zero-order chi connectivity index (χ0) is 11.6. The molecule has 1 aromatic heterocycles. The summed E-state index contributed by atoms with van der Waals surface area (Å²) in [6, 6.07) is 0. The maximum atomic E-state index is 12.4. The molecule has 0 spiro atoms. The van der Waals surface area contributed by atoms with Crippen molar-refractivity contribution < 1.29 is 23.4 Å². The molecule has 1 rings (SSSR count). The Labute approximate surface area is 97.4 Å². The fraction of sp³-hybridized carbons (Fsp3) is 0.250. The minimum absolute atomic E-state index is 0.0312. The fourth-order valence-electron chi connectivity index (χ4n) is 0.992. The molecular weight excluding hydrogens is 323 g/mol. The molecule has 0 radical (unpaired) electrons. The third-order valence-electron chi connectivity index (χ3n) is 1.65. The highest BCUT2D eigenvalue weighted by atomic mass is 127. The Kier molecular flexibility index (Phi) is 3.77. The SMILES string of the molecule is COc1cnc(C(F)F)c(I)c1C(=O)O. The highest BCUT2D eigenvalue weighted by Gasteiger charge is 2.23. The number of pyridine rings is 1. The van der Waals surface area contributed by atoms with Crippen molar-refractivity contribution in [2.45, 2.75) is 6.43 Å². The van der Waals surface area contributed by atoms with Crippen LogP contribution >= 0.6 is 22.6 Å². The van der Waals surface area contributed by atoms with Crippen LogP contribution in [0.25, 0.3) is 0 Å². The minimum Gasteiger partial charge on any atom is -0.494 e. The molecule has 0 fully saturated rings. The second-order valence-corrected chi connectivity index (χ2v) is 3.59.